The van der Waals surface area contributed by atoms with Gasteiger partial charge in [-0.2, -0.15) is 0 Å². The number of imide groups is 2. The van der Waals surface area contributed by atoms with Crippen molar-refractivity contribution in [2.45, 2.75) is 90.1 Å². The molecule has 6 amide bonds. The van der Waals surface area contributed by atoms with Crippen LogP contribution < -0.4 is 0 Å². The van der Waals surface area contributed by atoms with Gasteiger partial charge >= 0.3 is 11.9 Å². The first-order valence-electron chi connectivity index (χ1n) is 15.6. The second-order valence-electron chi connectivity index (χ2n) is 11.7. The molecule has 0 fully saturated rings. The molecule has 0 bridgehead atoms. The van der Waals surface area contributed by atoms with Crippen molar-refractivity contribution in [3.63, 3.8) is 0 Å². The zero-order valence-electron chi connectivity index (χ0n) is 26.8. The molecule has 0 radical (unpaired) electrons. The molecule has 0 aliphatic carbocycles. The fourth-order valence-electron chi connectivity index (χ4n) is 5.46. The van der Waals surface area contributed by atoms with E-state index in [1.165, 1.54) is 9.80 Å². The summed E-state index contributed by atoms with van der Waals surface area (Å²) < 4.78 is 0. The number of hydrogen-bond acceptors (Lipinski definition) is 12. The fourth-order valence-corrected chi connectivity index (χ4v) is 5.46. The van der Waals surface area contributed by atoms with Gasteiger partial charge in [0.25, 0.3) is 23.6 Å². The molecule has 260 valence electrons. The zero-order valence-corrected chi connectivity index (χ0v) is 26.8. The monoisotopic (exact) mass is 664 g/mol. The molecule has 2 rings (SSSR count). The molecule has 0 aromatic heterocycles. The van der Waals surface area contributed by atoms with Gasteiger partial charge in [0, 0.05) is 62.7 Å². The Morgan fingerprint density at radius 3 is 1.34 bits per heavy atom. The Morgan fingerprint density at radius 1 is 0.702 bits per heavy atom. The Kier molecular flexibility index (Phi) is 15.9. The molecule has 0 spiro atoms. The molecule has 2 aliphatic rings. The highest BCUT2D eigenvalue weighted by Crippen LogP contribution is 2.41. The number of hydrogen-bond donors (Lipinski definition) is 2. The van der Waals surface area contributed by atoms with E-state index < -0.39 is 35.6 Å². The van der Waals surface area contributed by atoms with Crippen LogP contribution in [0.4, 0.5) is 0 Å². The molecule has 2 aliphatic heterocycles. The van der Waals surface area contributed by atoms with Crippen LogP contribution in [-0.2, 0) is 48.0 Å². The van der Waals surface area contributed by atoms with Gasteiger partial charge in [0.15, 0.2) is 0 Å². The first-order chi connectivity index (χ1) is 22.4. The van der Waals surface area contributed by atoms with Gasteiger partial charge in [-0.3, -0.25) is 28.8 Å². The summed E-state index contributed by atoms with van der Waals surface area (Å²) in [5.41, 5.74) is -0.373. The van der Waals surface area contributed by atoms with E-state index in [0.717, 1.165) is 24.3 Å². The number of amides is 6. The molecule has 0 saturated carbocycles. The first-order valence-corrected chi connectivity index (χ1v) is 15.6. The van der Waals surface area contributed by atoms with Crippen LogP contribution in [0.15, 0.2) is 24.3 Å². The maximum absolute atomic E-state index is 12.2. The van der Waals surface area contributed by atoms with E-state index in [2.05, 4.69) is 0 Å². The molecule has 0 aromatic rings. The van der Waals surface area contributed by atoms with Crippen molar-refractivity contribution in [3.8, 4) is 0 Å². The second-order valence-corrected chi connectivity index (χ2v) is 11.7. The van der Waals surface area contributed by atoms with Crippen LogP contribution in [0.1, 0.15) is 78.1 Å². The standard InChI is InChI=1S/C31H44N4O12/c1-23(32(21-38)17-11-29(44)46-34-25(40)5-6-26(34)41)9-15-31(13-3-19-36,14-4-20-37)16-10-24(2)33(22-39)18-12-30(45)47-35-27(42)7-8-28(35)43/h5-8,21-24,36-37H,3-4,9-20H2,1-2H3. The van der Waals surface area contributed by atoms with E-state index in [1.54, 1.807) is 0 Å². The highest BCUT2D eigenvalue weighted by atomic mass is 16.7. The number of rotatable bonds is 24. The van der Waals surface area contributed by atoms with Gasteiger partial charge in [-0.15, -0.1) is 0 Å². The van der Waals surface area contributed by atoms with Crippen LogP contribution >= 0.6 is 0 Å². The number of nitrogens with zero attached hydrogens (tertiary/aromatic N) is 4. The zero-order chi connectivity index (χ0) is 35.0. The predicted octanol–water partition coefficient (Wildman–Crippen LogP) is 0.319. The van der Waals surface area contributed by atoms with E-state index in [4.69, 9.17) is 9.68 Å². The van der Waals surface area contributed by atoms with Crippen molar-refractivity contribution >= 4 is 48.4 Å². The van der Waals surface area contributed by atoms with Gasteiger partial charge in [-0.05, 0) is 70.6 Å². The van der Waals surface area contributed by atoms with Crippen molar-refractivity contribution in [1.29, 1.82) is 0 Å². The minimum atomic E-state index is -0.855. The van der Waals surface area contributed by atoms with E-state index in [1.807, 2.05) is 13.8 Å². The maximum atomic E-state index is 12.2. The van der Waals surface area contributed by atoms with Crippen LogP contribution in [-0.4, -0.2) is 117 Å². The normalized spacial score (nSPS) is 15.7. The number of carbonyl (C=O) groups is 8. The van der Waals surface area contributed by atoms with Crippen LogP contribution in [0.5, 0.6) is 0 Å². The van der Waals surface area contributed by atoms with E-state index in [9.17, 15) is 48.6 Å². The Labute approximate surface area is 272 Å². The maximum Gasteiger partial charge on any atom is 0.335 e. The summed E-state index contributed by atoms with van der Waals surface area (Å²) in [6, 6.07) is -0.641. The average Bonchev–Trinajstić information content (AvgIpc) is 3.54. The molecule has 2 atom stereocenters. The Bertz CT molecular complexity index is 1090. The summed E-state index contributed by atoms with van der Waals surface area (Å²) in [5.74, 6) is -4.80. The Hall–Kier alpha value is -4.44. The van der Waals surface area contributed by atoms with E-state index >= 15 is 0 Å². The molecule has 2 heterocycles. The molecule has 16 heteroatoms. The lowest BCUT2D eigenvalue weighted by atomic mass is 9.71. The third kappa shape index (κ3) is 12.0. The molecule has 0 saturated heterocycles. The smallest absolute Gasteiger partial charge is 0.335 e. The summed E-state index contributed by atoms with van der Waals surface area (Å²) >= 11 is 0. The van der Waals surface area contributed by atoms with Crippen LogP contribution in [0.2, 0.25) is 0 Å². The first kappa shape index (κ1) is 38.7. The van der Waals surface area contributed by atoms with Crippen molar-refractivity contribution < 1.29 is 58.2 Å². The summed E-state index contributed by atoms with van der Waals surface area (Å²) in [7, 11) is 0. The second kappa shape index (κ2) is 19.3. The SMILES string of the molecule is CC(CCC(CCCO)(CCCO)CCC(C)N(C=O)CCC(=O)ON1C(=O)C=CC1=O)N(C=O)CCC(=O)ON1C(=O)C=CC1=O. The lowest BCUT2D eigenvalue weighted by Crippen LogP contribution is -2.38. The quantitative estimate of drug-likeness (QED) is 0.106. The molecule has 2 unspecified atom stereocenters. The van der Waals surface area contributed by atoms with E-state index in [-0.39, 0.29) is 56.6 Å². The molecule has 2 N–H and O–H groups in total. The third-order valence-corrected chi connectivity index (χ3v) is 8.39. The predicted molar refractivity (Wildman–Crippen MR) is 161 cm³/mol. The Morgan fingerprint density at radius 2 is 1.04 bits per heavy atom. The molecule has 16 nitrogen and oxygen atoms in total. The molecule has 0 aromatic carbocycles. The Balaban J connectivity index is 1.98. The van der Waals surface area contributed by atoms with Crippen LogP contribution in [0.25, 0.3) is 0 Å². The van der Waals surface area contributed by atoms with Gasteiger partial charge in [-0.1, -0.05) is 10.1 Å². The van der Waals surface area contributed by atoms with Gasteiger partial charge < -0.3 is 29.7 Å². The number of hydroxylamine groups is 4. The van der Waals surface area contributed by atoms with E-state index in [0.29, 0.717) is 74.3 Å². The topological polar surface area (TPSA) is 208 Å². The summed E-state index contributed by atoms with van der Waals surface area (Å²) in [6.07, 6.45) is 9.04. The number of carbonyl (C=O) groups excluding carboxylic acids is 8. The van der Waals surface area contributed by atoms with Crippen molar-refractivity contribution in [2.75, 3.05) is 26.3 Å². The molecule has 47 heavy (non-hydrogen) atoms. The minimum absolute atomic E-state index is 0.0161. The van der Waals surface area contributed by atoms with Gasteiger partial charge in [0.1, 0.15) is 0 Å². The largest absolute Gasteiger partial charge is 0.396 e. The van der Waals surface area contributed by atoms with Gasteiger partial charge in [0.05, 0.1) is 12.8 Å². The fraction of sp³-hybridized carbons (Fsp3) is 0.613. The van der Waals surface area contributed by atoms with Crippen molar-refractivity contribution in [2.24, 2.45) is 5.41 Å². The summed E-state index contributed by atoms with van der Waals surface area (Å²) in [5, 5.41) is 20.0. The summed E-state index contributed by atoms with van der Waals surface area (Å²) in [4.78, 5) is 107. The highest BCUT2D eigenvalue weighted by Gasteiger charge is 2.33. The van der Waals surface area contributed by atoms with Gasteiger partial charge in [-0.25, -0.2) is 9.59 Å². The lowest BCUT2D eigenvalue weighted by Gasteiger charge is -2.38. The summed E-state index contributed by atoms with van der Waals surface area (Å²) in [6.45, 7) is 3.50. The number of aliphatic hydroxyl groups is 2. The number of aliphatic hydroxyl groups excluding tert-OH is 2. The minimum Gasteiger partial charge on any atom is -0.396 e. The van der Waals surface area contributed by atoms with Crippen molar-refractivity contribution in [1.82, 2.24) is 19.9 Å². The molecular weight excluding hydrogens is 620 g/mol. The average molecular weight is 665 g/mol. The molecular formula is C31H44N4O12. The van der Waals surface area contributed by atoms with Crippen LogP contribution in [0, 0.1) is 5.41 Å². The van der Waals surface area contributed by atoms with Gasteiger partial charge in [0.2, 0.25) is 12.8 Å². The highest BCUT2D eigenvalue weighted by molar-refractivity contribution is 6.13. The van der Waals surface area contributed by atoms with Crippen molar-refractivity contribution in [3.05, 3.63) is 24.3 Å². The van der Waals surface area contributed by atoms with Crippen LogP contribution in [0.3, 0.4) is 0 Å². The third-order valence-electron chi connectivity index (χ3n) is 8.39. The lowest BCUT2D eigenvalue weighted by molar-refractivity contribution is -0.196.